The fourth-order valence-electron chi connectivity index (χ4n) is 2.83. The first-order valence-corrected chi connectivity index (χ1v) is 6.79. The van der Waals surface area contributed by atoms with Crippen molar-refractivity contribution >= 4 is 17.6 Å². The molecule has 108 valence electrons. The van der Waals surface area contributed by atoms with Gasteiger partial charge in [-0.25, -0.2) is 4.79 Å². The average molecular weight is 285 g/mol. The van der Waals surface area contributed by atoms with Gasteiger partial charge in [-0.3, -0.25) is 9.89 Å². The van der Waals surface area contributed by atoms with E-state index >= 15 is 0 Å². The van der Waals surface area contributed by atoms with Gasteiger partial charge in [-0.1, -0.05) is 24.3 Å². The van der Waals surface area contributed by atoms with Gasteiger partial charge in [-0.2, -0.15) is 5.10 Å². The molecule has 0 saturated heterocycles. The predicted octanol–water partition coefficient (Wildman–Crippen LogP) is 2.17. The summed E-state index contributed by atoms with van der Waals surface area (Å²) in [6.45, 7) is 0. The molecule has 1 unspecified atom stereocenters. The number of nitrogens with one attached hydrogen (secondary N) is 2. The van der Waals surface area contributed by atoms with E-state index < -0.39 is 5.97 Å². The summed E-state index contributed by atoms with van der Waals surface area (Å²) >= 11 is 0. The van der Waals surface area contributed by atoms with E-state index in [0.717, 1.165) is 12.8 Å². The standard InChI is InChI=1S/C15H15N3O3/c19-13(17-12-8-16-18-14(12)15(20)21)7-10-6-5-9-3-1-2-4-11(9)10/h1-4,8,10H,5-7H2,(H,16,18)(H,17,19)(H,20,21). The van der Waals surface area contributed by atoms with Crippen LogP contribution in [0.25, 0.3) is 0 Å². The van der Waals surface area contributed by atoms with E-state index in [2.05, 4.69) is 27.6 Å². The second-order valence-corrected chi connectivity index (χ2v) is 5.15. The van der Waals surface area contributed by atoms with Gasteiger partial charge in [0, 0.05) is 6.42 Å². The Balaban J connectivity index is 1.68. The predicted molar refractivity (Wildman–Crippen MR) is 76.3 cm³/mol. The van der Waals surface area contributed by atoms with Crippen LogP contribution in [0.2, 0.25) is 0 Å². The summed E-state index contributed by atoms with van der Waals surface area (Å²) in [6, 6.07) is 8.13. The largest absolute Gasteiger partial charge is 0.476 e. The van der Waals surface area contributed by atoms with Gasteiger partial charge in [0.1, 0.15) is 0 Å². The lowest BCUT2D eigenvalue weighted by molar-refractivity contribution is -0.116. The van der Waals surface area contributed by atoms with E-state index in [1.807, 2.05) is 12.1 Å². The lowest BCUT2D eigenvalue weighted by Gasteiger charge is -2.11. The summed E-state index contributed by atoms with van der Waals surface area (Å²) in [7, 11) is 0. The van der Waals surface area contributed by atoms with Crippen LogP contribution in [0, 0.1) is 0 Å². The summed E-state index contributed by atoms with van der Waals surface area (Å²) in [6.07, 6.45) is 3.59. The maximum atomic E-state index is 12.1. The van der Waals surface area contributed by atoms with Crippen molar-refractivity contribution in [1.29, 1.82) is 0 Å². The van der Waals surface area contributed by atoms with E-state index in [-0.39, 0.29) is 23.2 Å². The molecule has 0 saturated carbocycles. The minimum Gasteiger partial charge on any atom is -0.476 e. The number of anilines is 1. The number of carbonyl (C=O) groups is 2. The number of carboxylic acid groups (broad SMARTS) is 1. The Bertz CT molecular complexity index is 693. The van der Waals surface area contributed by atoms with Crippen molar-refractivity contribution in [3.8, 4) is 0 Å². The first-order valence-electron chi connectivity index (χ1n) is 6.79. The van der Waals surface area contributed by atoms with E-state index in [9.17, 15) is 9.59 Å². The summed E-state index contributed by atoms with van der Waals surface area (Å²) in [4.78, 5) is 23.1. The molecule has 2 aromatic rings. The molecule has 6 nitrogen and oxygen atoms in total. The van der Waals surface area contributed by atoms with Crippen LogP contribution in [0.15, 0.2) is 30.5 Å². The van der Waals surface area contributed by atoms with Crippen molar-refractivity contribution in [3.63, 3.8) is 0 Å². The summed E-state index contributed by atoms with van der Waals surface area (Å²) in [5.41, 5.74) is 2.62. The molecule has 21 heavy (non-hydrogen) atoms. The van der Waals surface area contributed by atoms with E-state index in [0.29, 0.717) is 6.42 Å². The van der Waals surface area contributed by atoms with Gasteiger partial charge < -0.3 is 10.4 Å². The summed E-state index contributed by atoms with van der Waals surface area (Å²) in [5, 5.41) is 17.6. The number of carbonyl (C=O) groups excluding carboxylic acids is 1. The molecule has 3 rings (SSSR count). The monoisotopic (exact) mass is 285 g/mol. The number of hydrogen-bond donors (Lipinski definition) is 3. The van der Waals surface area contributed by atoms with Crippen LogP contribution < -0.4 is 5.32 Å². The molecule has 1 amide bonds. The average Bonchev–Trinajstić information content (AvgIpc) is 3.06. The molecule has 1 heterocycles. The zero-order valence-electron chi connectivity index (χ0n) is 11.3. The van der Waals surface area contributed by atoms with Gasteiger partial charge in [0.15, 0.2) is 5.69 Å². The topological polar surface area (TPSA) is 95.1 Å². The molecular weight excluding hydrogens is 270 g/mol. The minimum absolute atomic E-state index is 0.102. The Morgan fingerprint density at radius 1 is 1.38 bits per heavy atom. The van der Waals surface area contributed by atoms with Crippen LogP contribution in [0.5, 0.6) is 0 Å². The number of aryl methyl sites for hydroxylation is 1. The van der Waals surface area contributed by atoms with Crippen LogP contribution in [-0.2, 0) is 11.2 Å². The molecule has 3 N–H and O–H groups in total. The zero-order chi connectivity index (χ0) is 14.8. The number of amides is 1. The fourth-order valence-corrected chi connectivity index (χ4v) is 2.83. The SMILES string of the molecule is O=C(CC1CCc2ccccc21)Nc1cn[nH]c1C(=O)O. The van der Waals surface area contributed by atoms with Crippen molar-refractivity contribution in [2.24, 2.45) is 0 Å². The fraction of sp³-hybridized carbons (Fsp3) is 0.267. The molecule has 6 heteroatoms. The van der Waals surface area contributed by atoms with E-state index in [1.54, 1.807) is 0 Å². The minimum atomic E-state index is -1.14. The molecule has 0 bridgehead atoms. The molecule has 0 aliphatic heterocycles. The number of rotatable bonds is 4. The Morgan fingerprint density at radius 3 is 3.00 bits per heavy atom. The number of carboxylic acids is 1. The number of benzene rings is 1. The van der Waals surface area contributed by atoms with Crippen LogP contribution in [0.4, 0.5) is 5.69 Å². The maximum Gasteiger partial charge on any atom is 0.356 e. The lowest BCUT2D eigenvalue weighted by Crippen LogP contribution is -2.16. The number of hydrogen-bond acceptors (Lipinski definition) is 3. The quantitative estimate of drug-likeness (QED) is 0.802. The molecule has 1 aromatic heterocycles. The van der Waals surface area contributed by atoms with Gasteiger partial charge in [0.25, 0.3) is 0 Å². The zero-order valence-corrected chi connectivity index (χ0v) is 11.3. The highest BCUT2D eigenvalue weighted by Crippen LogP contribution is 2.35. The van der Waals surface area contributed by atoms with Crippen LogP contribution >= 0.6 is 0 Å². The van der Waals surface area contributed by atoms with Crippen molar-refractivity contribution in [2.75, 3.05) is 5.32 Å². The van der Waals surface area contributed by atoms with Crippen molar-refractivity contribution in [1.82, 2.24) is 10.2 Å². The van der Waals surface area contributed by atoms with Crippen LogP contribution in [0.3, 0.4) is 0 Å². The highest BCUT2D eigenvalue weighted by molar-refractivity contribution is 5.99. The van der Waals surface area contributed by atoms with Crippen molar-refractivity contribution in [3.05, 3.63) is 47.3 Å². The van der Waals surface area contributed by atoms with Gasteiger partial charge in [0.2, 0.25) is 5.91 Å². The number of aromatic nitrogens is 2. The number of nitrogens with zero attached hydrogens (tertiary/aromatic N) is 1. The number of aromatic amines is 1. The van der Waals surface area contributed by atoms with Gasteiger partial charge in [-0.05, 0) is 29.9 Å². The molecule has 1 aliphatic carbocycles. The number of fused-ring (bicyclic) bond motifs is 1. The molecular formula is C15H15N3O3. The molecule has 0 spiro atoms. The molecule has 1 aromatic carbocycles. The Morgan fingerprint density at radius 2 is 2.19 bits per heavy atom. The Labute approximate surface area is 121 Å². The van der Waals surface area contributed by atoms with Gasteiger partial charge in [-0.15, -0.1) is 0 Å². The van der Waals surface area contributed by atoms with Crippen LogP contribution in [0.1, 0.15) is 40.4 Å². The number of H-pyrrole nitrogens is 1. The van der Waals surface area contributed by atoms with Gasteiger partial charge >= 0.3 is 5.97 Å². The molecule has 0 radical (unpaired) electrons. The summed E-state index contributed by atoms with van der Waals surface area (Å²) in [5.74, 6) is -1.14. The number of aromatic carboxylic acids is 1. The van der Waals surface area contributed by atoms with E-state index in [4.69, 9.17) is 5.11 Å². The highest BCUT2D eigenvalue weighted by atomic mass is 16.4. The van der Waals surface area contributed by atoms with Crippen molar-refractivity contribution in [2.45, 2.75) is 25.2 Å². The van der Waals surface area contributed by atoms with Gasteiger partial charge in [0.05, 0.1) is 11.9 Å². The Hall–Kier alpha value is -2.63. The second kappa shape index (κ2) is 5.40. The maximum absolute atomic E-state index is 12.1. The molecule has 0 fully saturated rings. The van der Waals surface area contributed by atoms with Crippen molar-refractivity contribution < 1.29 is 14.7 Å². The lowest BCUT2D eigenvalue weighted by atomic mass is 9.97. The second-order valence-electron chi connectivity index (χ2n) is 5.15. The normalized spacial score (nSPS) is 16.5. The summed E-state index contributed by atoms with van der Waals surface area (Å²) < 4.78 is 0. The Kier molecular flexibility index (Phi) is 3.43. The smallest absolute Gasteiger partial charge is 0.356 e. The first-order chi connectivity index (χ1) is 10.1. The molecule has 1 aliphatic rings. The third-order valence-electron chi connectivity index (χ3n) is 3.82. The first kappa shape index (κ1) is 13.4. The highest BCUT2D eigenvalue weighted by Gasteiger charge is 2.25. The molecule has 1 atom stereocenters. The third-order valence-corrected chi connectivity index (χ3v) is 3.82. The van der Waals surface area contributed by atoms with E-state index in [1.165, 1.54) is 17.3 Å². The van der Waals surface area contributed by atoms with Crippen LogP contribution in [-0.4, -0.2) is 27.2 Å². The third kappa shape index (κ3) is 2.65.